The van der Waals surface area contributed by atoms with Gasteiger partial charge in [0.2, 0.25) is 10.0 Å². The highest BCUT2D eigenvalue weighted by Gasteiger charge is 2.36. The van der Waals surface area contributed by atoms with Gasteiger partial charge in [-0.15, -0.1) is 0 Å². The van der Waals surface area contributed by atoms with Crippen molar-refractivity contribution in [1.82, 2.24) is 9.71 Å². The van der Waals surface area contributed by atoms with Gasteiger partial charge in [0.25, 0.3) is 0 Å². The lowest BCUT2D eigenvalue weighted by atomic mass is 9.80. The average molecular weight is 311 g/mol. The Morgan fingerprint density at radius 1 is 1.30 bits per heavy atom. The van der Waals surface area contributed by atoms with Gasteiger partial charge < -0.3 is 0 Å². The SMILES string of the molecule is CC1(NS(=O)(=O)c2ccc(Cl)c3ncccc23)CCC1. The van der Waals surface area contributed by atoms with E-state index in [-0.39, 0.29) is 10.4 Å². The van der Waals surface area contributed by atoms with Gasteiger partial charge in [-0.3, -0.25) is 4.98 Å². The minimum atomic E-state index is -3.57. The molecule has 0 unspecified atom stereocenters. The number of fused-ring (bicyclic) bond motifs is 1. The third-order valence-corrected chi connectivity index (χ3v) is 5.81. The fourth-order valence-corrected chi connectivity index (χ4v) is 4.41. The molecular weight excluding hydrogens is 296 g/mol. The van der Waals surface area contributed by atoms with Gasteiger partial charge in [0, 0.05) is 17.1 Å². The van der Waals surface area contributed by atoms with Gasteiger partial charge in [0.05, 0.1) is 15.4 Å². The molecule has 3 rings (SSSR count). The van der Waals surface area contributed by atoms with Crippen LogP contribution in [0.5, 0.6) is 0 Å². The maximum atomic E-state index is 12.6. The molecule has 0 saturated heterocycles. The van der Waals surface area contributed by atoms with E-state index in [9.17, 15) is 8.42 Å². The van der Waals surface area contributed by atoms with Gasteiger partial charge in [-0.1, -0.05) is 11.6 Å². The summed E-state index contributed by atoms with van der Waals surface area (Å²) in [4.78, 5) is 4.40. The first-order chi connectivity index (χ1) is 9.41. The molecule has 0 atom stereocenters. The maximum Gasteiger partial charge on any atom is 0.241 e. The molecule has 1 aliphatic carbocycles. The lowest BCUT2D eigenvalue weighted by molar-refractivity contribution is 0.248. The Hall–Kier alpha value is -1.17. The average Bonchev–Trinajstić information content (AvgIpc) is 2.37. The van der Waals surface area contributed by atoms with Crippen molar-refractivity contribution in [2.24, 2.45) is 0 Å². The molecule has 0 amide bonds. The van der Waals surface area contributed by atoms with Crippen LogP contribution in [0, 0.1) is 0 Å². The van der Waals surface area contributed by atoms with Gasteiger partial charge in [-0.25, -0.2) is 13.1 Å². The number of sulfonamides is 1. The van der Waals surface area contributed by atoms with Crippen molar-refractivity contribution in [3.63, 3.8) is 0 Å². The van der Waals surface area contributed by atoms with Crippen molar-refractivity contribution < 1.29 is 8.42 Å². The summed E-state index contributed by atoms with van der Waals surface area (Å²) in [6.07, 6.45) is 4.40. The Labute approximate surface area is 123 Å². The third kappa shape index (κ3) is 2.30. The Balaban J connectivity index is 2.12. The van der Waals surface area contributed by atoms with Crippen molar-refractivity contribution in [1.29, 1.82) is 0 Å². The minimum Gasteiger partial charge on any atom is -0.255 e. The second kappa shape index (κ2) is 4.69. The van der Waals surface area contributed by atoms with Crippen LogP contribution in [0.25, 0.3) is 10.9 Å². The van der Waals surface area contributed by atoms with Crippen LogP contribution >= 0.6 is 11.6 Å². The summed E-state index contributed by atoms with van der Waals surface area (Å²) in [7, 11) is -3.57. The highest BCUT2D eigenvalue weighted by molar-refractivity contribution is 7.89. The fourth-order valence-electron chi connectivity index (χ4n) is 2.53. The van der Waals surface area contributed by atoms with Crippen molar-refractivity contribution in [3.8, 4) is 0 Å². The van der Waals surface area contributed by atoms with Gasteiger partial charge in [0.1, 0.15) is 0 Å². The summed E-state index contributed by atoms with van der Waals surface area (Å²) in [5, 5.41) is 1.00. The van der Waals surface area contributed by atoms with Crippen molar-refractivity contribution in [3.05, 3.63) is 35.5 Å². The monoisotopic (exact) mass is 310 g/mol. The summed E-state index contributed by atoms with van der Waals surface area (Å²) < 4.78 is 28.0. The molecular formula is C14H15ClN2O2S. The molecule has 1 heterocycles. The molecule has 1 saturated carbocycles. The van der Waals surface area contributed by atoms with E-state index in [0.717, 1.165) is 19.3 Å². The molecule has 1 aliphatic rings. The van der Waals surface area contributed by atoms with Crippen LogP contribution in [0.15, 0.2) is 35.4 Å². The predicted molar refractivity (Wildman–Crippen MR) is 79.3 cm³/mol. The van der Waals surface area contributed by atoms with Gasteiger partial charge >= 0.3 is 0 Å². The highest BCUT2D eigenvalue weighted by atomic mass is 35.5. The highest BCUT2D eigenvalue weighted by Crippen LogP contribution is 2.34. The largest absolute Gasteiger partial charge is 0.255 e. The first kappa shape index (κ1) is 13.8. The summed E-state index contributed by atoms with van der Waals surface area (Å²) in [5.74, 6) is 0. The molecule has 1 N–H and O–H groups in total. The Morgan fingerprint density at radius 3 is 2.70 bits per heavy atom. The van der Waals surface area contributed by atoms with Crippen LogP contribution in [0.3, 0.4) is 0 Å². The summed E-state index contributed by atoms with van der Waals surface area (Å²) in [6.45, 7) is 1.93. The molecule has 4 nitrogen and oxygen atoms in total. The van der Waals surface area contributed by atoms with E-state index < -0.39 is 10.0 Å². The Kier molecular flexibility index (Phi) is 3.23. The number of halogens is 1. The van der Waals surface area contributed by atoms with E-state index in [4.69, 9.17) is 11.6 Å². The van der Waals surface area contributed by atoms with E-state index in [0.29, 0.717) is 15.9 Å². The number of hydrogen-bond acceptors (Lipinski definition) is 3. The molecule has 2 aromatic rings. The zero-order chi connectivity index (χ0) is 14.4. The molecule has 0 aliphatic heterocycles. The van der Waals surface area contributed by atoms with E-state index in [2.05, 4.69) is 9.71 Å². The maximum absolute atomic E-state index is 12.6. The molecule has 106 valence electrons. The van der Waals surface area contributed by atoms with E-state index in [1.54, 1.807) is 24.4 Å². The second-order valence-corrected chi connectivity index (χ2v) is 7.52. The summed E-state index contributed by atoms with van der Waals surface area (Å²) >= 11 is 6.07. The summed E-state index contributed by atoms with van der Waals surface area (Å²) in [5.41, 5.74) is 0.184. The first-order valence-corrected chi connectivity index (χ1v) is 8.35. The molecule has 6 heteroatoms. The smallest absolute Gasteiger partial charge is 0.241 e. The molecule has 20 heavy (non-hydrogen) atoms. The van der Waals surface area contributed by atoms with E-state index >= 15 is 0 Å². The van der Waals surface area contributed by atoms with Crippen molar-refractivity contribution in [2.45, 2.75) is 36.6 Å². The lowest BCUT2D eigenvalue weighted by Crippen LogP contribution is -2.50. The second-order valence-electron chi connectivity index (χ2n) is 5.46. The van der Waals surface area contributed by atoms with E-state index in [1.807, 2.05) is 6.92 Å². The standard InChI is InChI=1S/C14H15ClN2O2S/c1-14(7-3-8-14)17-20(18,19)12-6-5-11(15)13-10(12)4-2-9-16-13/h2,4-6,9,17H,3,7-8H2,1H3. The zero-order valence-electron chi connectivity index (χ0n) is 11.1. The number of nitrogens with one attached hydrogen (secondary N) is 1. The molecule has 1 aromatic carbocycles. The van der Waals surface area contributed by atoms with Crippen LogP contribution in [-0.2, 0) is 10.0 Å². The Bertz CT molecular complexity index is 770. The molecule has 1 fully saturated rings. The van der Waals surface area contributed by atoms with Crippen LogP contribution in [0.1, 0.15) is 26.2 Å². The molecule has 1 aromatic heterocycles. The summed E-state index contributed by atoms with van der Waals surface area (Å²) in [6, 6.07) is 6.56. The quantitative estimate of drug-likeness (QED) is 0.947. The van der Waals surface area contributed by atoms with E-state index in [1.165, 1.54) is 6.07 Å². The van der Waals surface area contributed by atoms with Crippen LogP contribution in [0.2, 0.25) is 5.02 Å². The third-order valence-electron chi connectivity index (χ3n) is 3.81. The topological polar surface area (TPSA) is 59.1 Å². The van der Waals surface area contributed by atoms with Crippen molar-refractivity contribution >= 4 is 32.5 Å². The normalized spacial score (nSPS) is 17.9. The lowest BCUT2D eigenvalue weighted by Gasteiger charge is -2.38. The molecule has 0 radical (unpaired) electrons. The number of benzene rings is 1. The Morgan fingerprint density at radius 2 is 2.05 bits per heavy atom. The number of pyridine rings is 1. The predicted octanol–water partition coefficient (Wildman–Crippen LogP) is 3.11. The fraction of sp³-hybridized carbons (Fsp3) is 0.357. The number of rotatable bonds is 3. The van der Waals surface area contributed by atoms with Gasteiger partial charge in [-0.2, -0.15) is 0 Å². The minimum absolute atomic E-state index is 0.234. The first-order valence-electron chi connectivity index (χ1n) is 6.49. The van der Waals surface area contributed by atoms with Crippen molar-refractivity contribution in [2.75, 3.05) is 0 Å². The van der Waals surface area contributed by atoms with Crippen LogP contribution < -0.4 is 4.72 Å². The molecule has 0 bridgehead atoms. The number of hydrogen-bond donors (Lipinski definition) is 1. The molecule has 0 spiro atoms. The number of aromatic nitrogens is 1. The van der Waals surface area contributed by atoms with Crippen LogP contribution in [0.4, 0.5) is 0 Å². The zero-order valence-corrected chi connectivity index (χ0v) is 12.6. The number of nitrogens with zero attached hydrogens (tertiary/aromatic N) is 1. The van der Waals surface area contributed by atoms with Gasteiger partial charge in [-0.05, 0) is 50.5 Å². The van der Waals surface area contributed by atoms with Crippen LogP contribution in [-0.4, -0.2) is 18.9 Å². The van der Waals surface area contributed by atoms with Gasteiger partial charge in [0.15, 0.2) is 0 Å².